The Balaban J connectivity index is 2.03. The molecule has 0 saturated heterocycles. The van der Waals surface area contributed by atoms with E-state index in [1.54, 1.807) is 0 Å². The Bertz CT molecular complexity index is 787. The smallest absolute Gasteiger partial charge is 0.417 e. The van der Waals surface area contributed by atoms with Crippen LogP contribution in [0.3, 0.4) is 0 Å². The maximum absolute atomic E-state index is 12.5. The molecule has 2 heterocycles. The molecular formula is C14H10ClF3N4O3. The molecule has 0 aromatic carbocycles. The third kappa shape index (κ3) is 4.86. The number of alkyl halides is 3. The number of esters is 1. The third-order valence-electron chi connectivity index (χ3n) is 2.84. The molecule has 1 atom stereocenters. The van der Waals surface area contributed by atoms with E-state index in [4.69, 9.17) is 16.3 Å². The van der Waals surface area contributed by atoms with Crippen LogP contribution in [0.4, 0.5) is 19.0 Å². The van der Waals surface area contributed by atoms with Crippen molar-refractivity contribution in [2.45, 2.75) is 19.2 Å². The van der Waals surface area contributed by atoms with Gasteiger partial charge in [0.1, 0.15) is 0 Å². The Morgan fingerprint density at radius 2 is 1.96 bits per heavy atom. The van der Waals surface area contributed by atoms with Crippen LogP contribution in [-0.4, -0.2) is 32.9 Å². The van der Waals surface area contributed by atoms with Gasteiger partial charge in [-0.1, -0.05) is 11.6 Å². The quantitative estimate of drug-likeness (QED) is 0.827. The number of carbonyl (C=O) groups is 2. The molecule has 0 bridgehead atoms. The molecule has 1 amide bonds. The summed E-state index contributed by atoms with van der Waals surface area (Å²) in [5.41, 5.74) is -1.16. The zero-order chi connectivity index (χ0) is 18.6. The number of rotatable bonds is 4. The van der Waals surface area contributed by atoms with Crippen molar-refractivity contribution in [3.05, 3.63) is 47.1 Å². The molecule has 0 aliphatic heterocycles. The minimum atomic E-state index is -4.61. The Labute approximate surface area is 144 Å². The van der Waals surface area contributed by atoms with Crippen molar-refractivity contribution >= 4 is 29.3 Å². The maximum Gasteiger partial charge on any atom is 0.417 e. The lowest BCUT2D eigenvalue weighted by Crippen LogP contribution is -2.30. The second kappa shape index (κ2) is 7.43. The lowest BCUT2D eigenvalue weighted by Gasteiger charge is -2.14. The van der Waals surface area contributed by atoms with Gasteiger partial charge < -0.3 is 10.1 Å². The maximum atomic E-state index is 12.5. The fourth-order valence-corrected chi connectivity index (χ4v) is 1.80. The van der Waals surface area contributed by atoms with Gasteiger partial charge in [0.15, 0.2) is 17.6 Å². The first kappa shape index (κ1) is 18.6. The Morgan fingerprint density at radius 1 is 1.24 bits per heavy atom. The van der Waals surface area contributed by atoms with E-state index in [-0.39, 0.29) is 11.5 Å². The summed E-state index contributed by atoms with van der Waals surface area (Å²) >= 11 is 5.68. The normalized spacial score (nSPS) is 12.4. The topological polar surface area (TPSA) is 94.1 Å². The predicted molar refractivity (Wildman–Crippen MR) is 79.8 cm³/mol. The van der Waals surface area contributed by atoms with E-state index in [9.17, 15) is 22.8 Å². The molecule has 132 valence electrons. The Kier molecular flexibility index (Phi) is 5.52. The highest BCUT2D eigenvalue weighted by molar-refractivity contribution is 6.33. The number of anilines is 1. The highest BCUT2D eigenvalue weighted by Gasteiger charge is 2.32. The molecule has 2 rings (SSSR count). The molecule has 0 spiro atoms. The summed E-state index contributed by atoms with van der Waals surface area (Å²) in [5.74, 6) is -2.00. The summed E-state index contributed by atoms with van der Waals surface area (Å²) in [4.78, 5) is 34.6. The minimum absolute atomic E-state index is 0.104. The van der Waals surface area contributed by atoms with Crippen molar-refractivity contribution < 1.29 is 27.5 Å². The van der Waals surface area contributed by atoms with Gasteiger partial charge in [0, 0.05) is 18.6 Å². The minimum Gasteiger partial charge on any atom is -0.448 e. The van der Waals surface area contributed by atoms with Gasteiger partial charge in [-0.05, 0) is 13.0 Å². The molecule has 1 unspecified atom stereocenters. The van der Waals surface area contributed by atoms with E-state index in [0.717, 1.165) is 6.20 Å². The van der Waals surface area contributed by atoms with Crippen molar-refractivity contribution in [2.75, 3.05) is 5.32 Å². The highest BCUT2D eigenvalue weighted by Crippen LogP contribution is 2.32. The number of hydrogen-bond acceptors (Lipinski definition) is 6. The number of pyridine rings is 1. The van der Waals surface area contributed by atoms with Crippen molar-refractivity contribution in [1.29, 1.82) is 0 Å². The van der Waals surface area contributed by atoms with E-state index >= 15 is 0 Å². The Morgan fingerprint density at radius 3 is 2.52 bits per heavy atom. The second-order valence-corrected chi connectivity index (χ2v) is 5.09. The van der Waals surface area contributed by atoms with Gasteiger partial charge in [0.25, 0.3) is 5.91 Å². The van der Waals surface area contributed by atoms with Crippen LogP contribution in [0.15, 0.2) is 30.9 Å². The summed E-state index contributed by atoms with van der Waals surface area (Å²) in [7, 11) is 0. The number of amides is 1. The largest absolute Gasteiger partial charge is 0.448 e. The van der Waals surface area contributed by atoms with Crippen LogP contribution < -0.4 is 5.32 Å². The van der Waals surface area contributed by atoms with E-state index < -0.39 is 34.7 Å². The van der Waals surface area contributed by atoms with Gasteiger partial charge in [-0.15, -0.1) is 0 Å². The van der Waals surface area contributed by atoms with Gasteiger partial charge in [-0.25, -0.2) is 14.8 Å². The summed E-state index contributed by atoms with van der Waals surface area (Å²) in [5, 5.41) is 1.78. The molecule has 0 aliphatic carbocycles. The molecule has 0 radical (unpaired) electrons. The van der Waals surface area contributed by atoms with Gasteiger partial charge in [-0.3, -0.25) is 9.78 Å². The number of carbonyl (C=O) groups excluding carboxylic acids is 2. The van der Waals surface area contributed by atoms with Gasteiger partial charge in [0.2, 0.25) is 0 Å². The lowest BCUT2D eigenvalue weighted by molar-refractivity contribution is -0.137. The summed E-state index contributed by atoms with van der Waals surface area (Å²) in [6, 6.07) is 0.625. The molecule has 0 aliphatic rings. The van der Waals surface area contributed by atoms with E-state index in [1.165, 1.54) is 19.3 Å². The first-order valence-corrected chi connectivity index (χ1v) is 7.07. The van der Waals surface area contributed by atoms with Crippen LogP contribution in [0.25, 0.3) is 0 Å². The van der Waals surface area contributed by atoms with Crippen molar-refractivity contribution in [3.63, 3.8) is 0 Å². The van der Waals surface area contributed by atoms with Gasteiger partial charge >= 0.3 is 12.1 Å². The molecule has 2 aromatic rings. The molecule has 0 saturated carbocycles. The van der Waals surface area contributed by atoms with Crippen LogP contribution in [0.2, 0.25) is 5.02 Å². The van der Waals surface area contributed by atoms with Crippen molar-refractivity contribution in [2.24, 2.45) is 0 Å². The van der Waals surface area contributed by atoms with E-state index in [1.807, 2.05) is 0 Å². The monoisotopic (exact) mass is 374 g/mol. The zero-order valence-electron chi connectivity index (χ0n) is 12.5. The third-order valence-corrected chi connectivity index (χ3v) is 3.12. The average Bonchev–Trinajstić information content (AvgIpc) is 2.56. The zero-order valence-corrected chi connectivity index (χ0v) is 13.3. The van der Waals surface area contributed by atoms with Gasteiger partial charge in [-0.2, -0.15) is 13.2 Å². The number of ether oxygens (including phenoxy) is 1. The molecule has 7 nitrogen and oxygen atoms in total. The van der Waals surface area contributed by atoms with E-state index in [0.29, 0.717) is 12.3 Å². The van der Waals surface area contributed by atoms with E-state index in [2.05, 4.69) is 20.3 Å². The SMILES string of the molecule is CC(OC(=O)c1cnccn1)C(=O)Nc1ncc(C(F)(F)F)cc1Cl. The summed E-state index contributed by atoms with van der Waals surface area (Å²) in [6.07, 6.45) is -1.58. The Hall–Kier alpha value is -2.75. The van der Waals surface area contributed by atoms with Gasteiger partial charge in [0.05, 0.1) is 16.8 Å². The first-order valence-electron chi connectivity index (χ1n) is 6.69. The highest BCUT2D eigenvalue weighted by atomic mass is 35.5. The molecule has 0 fully saturated rings. The van der Waals surface area contributed by atoms with Crippen LogP contribution in [0.5, 0.6) is 0 Å². The molecule has 11 heteroatoms. The molecule has 25 heavy (non-hydrogen) atoms. The number of nitrogens with zero attached hydrogens (tertiary/aromatic N) is 3. The van der Waals surface area contributed by atoms with Crippen LogP contribution in [-0.2, 0) is 15.7 Å². The van der Waals surface area contributed by atoms with Crippen molar-refractivity contribution in [1.82, 2.24) is 15.0 Å². The number of halogens is 4. The number of hydrogen-bond donors (Lipinski definition) is 1. The predicted octanol–water partition coefficient (Wildman–Crippen LogP) is 2.73. The summed E-state index contributed by atoms with van der Waals surface area (Å²) < 4.78 is 42.5. The first-order chi connectivity index (χ1) is 11.7. The fraction of sp³-hybridized carbons (Fsp3) is 0.214. The fourth-order valence-electron chi connectivity index (χ4n) is 1.58. The number of nitrogens with one attached hydrogen (secondary N) is 1. The summed E-state index contributed by atoms with van der Waals surface area (Å²) in [6.45, 7) is 1.27. The molecule has 1 N–H and O–H groups in total. The van der Waals surface area contributed by atoms with Crippen molar-refractivity contribution in [3.8, 4) is 0 Å². The molecular weight excluding hydrogens is 365 g/mol. The number of aromatic nitrogens is 3. The van der Waals surface area contributed by atoms with Crippen LogP contribution in [0, 0.1) is 0 Å². The standard InChI is InChI=1S/C14H10ClF3N4O3/c1-7(25-13(24)10-6-19-2-3-20-10)12(23)22-11-9(15)4-8(5-21-11)14(16,17)18/h2-7H,1H3,(H,21,22,23). The molecule has 2 aromatic heterocycles. The van der Waals surface area contributed by atoms with Crippen LogP contribution >= 0.6 is 11.6 Å². The van der Waals surface area contributed by atoms with Crippen LogP contribution in [0.1, 0.15) is 23.0 Å². The lowest BCUT2D eigenvalue weighted by atomic mass is 10.2. The second-order valence-electron chi connectivity index (χ2n) is 4.68. The average molecular weight is 375 g/mol.